The number of carbonyl (C=O) groups is 1. The highest BCUT2D eigenvalue weighted by atomic mass is 32.2. The van der Waals surface area contributed by atoms with Crippen LogP contribution in [0.15, 0.2) is 53.1 Å². The molecule has 0 aliphatic rings. The Morgan fingerprint density at radius 2 is 1.82 bits per heavy atom. The summed E-state index contributed by atoms with van der Waals surface area (Å²) in [4.78, 5) is 18.4. The third-order valence-corrected chi connectivity index (χ3v) is 6.33. The van der Waals surface area contributed by atoms with E-state index in [1.165, 1.54) is 15.5 Å². The van der Waals surface area contributed by atoms with E-state index in [0.717, 1.165) is 16.9 Å². The van der Waals surface area contributed by atoms with Crippen LogP contribution in [0.4, 0.5) is 5.69 Å². The lowest BCUT2D eigenvalue weighted by atomic mass is 10.2. The summed E-state index contributed by atoms with van der Waals surface area (Å²) in [5, 5.41) is 3.97. The van der Waals surface area contributed by atoms with E-state index in [-0.39, 0.29) is 25.4 Å². The topological polar surface area (TPSA) is 106 Å². The quantitative estimate of drug-likeness (QED) is 0.446. The number of rotatable bonds is 10. The lowest BCUT2D eigenvalue weighted by Gasteiger charge is -2.24. The van der Waals surface area contributed by atoms with Crippen LogP contribution in [-0.4, -0.2) is 56.3 Å². The number of para-hydroxylation sites is 1. The Morgan fingerprint density at radius 1 is 1.12 bits per heavy atom. The van der Waals surface area contributed by atoms with E-state index in [2.05, 4.69) is 10.1 Å². The van der Waals surface area contributed by atoms with Gasteiger partial charge in [-0.3, -0.25) is 9.10 Å². The summed E-state index contributed by atoms with van der Waals surface area (Å²) in [6.07, 6.45) is 1.74. The monoisotopic (exact) mass is 472 g/mol. The van der Waals surface area contributed by atoms with Gasteiger partial charge in [0.1, 0.15) is 5.75 Å². The Morgan fingerprint density at radius 3 is 2.45 bits per heavy atom. The van der Waals surface area contributed by atoms with Gasteiger partial charge in [0.05, 0.1) is 25.6 Å². The van der Waals surface area contributed by atoms with Gasteiger partial charge >= 0.3 is 0 Å². The van der Waals surface area contributed by atoms with Gasteiger partial charge in [-0.05, 0) is 49.2 Å². The summed E-state index contributed by atoms with van der Waals surface area (Å²) in [5.41, 5.74) is 2.25. The Bertz CT molecular complexity index is 1190. The Balaban J connectivity index is 1.56. The van der Waals surface area contributed by atoms with Crippen molar-refractivity contribution >= 4 is 21.6 Å². The smallest absolute Gasteiger partial charge is 0.246 e. The summed E-state index contributed by atoms with van der Waals surface area (Å²) in [7, 11) is -0.227. The fourth-order valence-corrected chi connectivity index (χ4v) is 4.36. The van der Waals surface area contributed by atoms with E-state index in [4.69, 9.17) is 9.26 Å². The maximum absolute atomic E-state index is 12.6. The molecule has 0 spiro atoms. The SMILES string of the molecule is COc1ccc(-c2noc(CN(C)C(=O)CCCN(c3ccccc3C)S(C)(=O)=O)n2)cc1. The highest BCUT2D eigenvalue weighted by Crippen LogP contribution is 2.23. The molecule has 0 saturated carbocycles. The minimum atomic E-state index is -3.47. The summed E-state index contributed by atoms with van der Waals surface area (Å²) in [5.74, 6) is 1.33. The Kier molecular flexibility index (Phi) is 7.70. The van der Waals surface area contributed by atoms with E-state index in [9.17, 15) is 13.2 Å². The van der Waals surface area contributed by atoms with Crippen LogP contribution in [-0.2, 0) is 21.4 Å². The first kappa shape index (κ1) is 24.2. The standard InChI is InChI=1S/C23H28N4O5S/c1-17-8-5-6-9-20(17)27(33(4,29)30)15-7-10-22(28)26(2)16-21-24-23(25-32-21)18-11-13-19(31-3)14-12-18/h5-6,8-9,11-14H,7,10,15-16H2,1-4H3. The normalized spacial score (nSPS) is 11.3. The van der Waals surface area contributed by atoms with Crippen LogP contribution >= 0.6 is 0 Å². The molecule has 2 aromatic carbocycles. The van der Waals surface area contributed by atoms with Crippen molar-refractivity contribution in [2.24, 2.45) is 0 Å². The minimum Gasteiger partial charge on any atom is -0.497 e. The molecule has 0 bridgehead atoms. The summed E-state index contributed by atoms with van der Waals surface area (Å²) < 4.78 is 36.3. The van der Waals surface area contributed by atoms with Crippen molar-refractivity contribution in [1.29, 1.82) is 0 Å². The van der Waals surface area contributed by atoms with E-state index < -0.39 is 10.0 Å². The van der Waals surface area contributed by atoms with Gasteiger partial charge in [-0.25, -0.2) is 8.42 Å². The van der Waals surface area contributed by atoms with Gasteiger partial charge in [-0.1, -0.05) is 23.4 Å². The van der Waals surface area contributed by atoms with Gasteiger partial charge in [-0.15, -0.1) is 0 Å². The fourth-order valence-electron chi connectivity index (χ4n) is 3.34. The number of carbonyl (C=O) groups excluding carboxylic acids is 1. The molecule has 33 heavy (non-hydrogen) atoms. The zero-order chi connectivity index (χ0) is 24.0. The lowest BCUT2D eigenvalue weighted by molar-refractivity contribution is -0.130. The average Bonchev–Trinajstić information content (AvgIpc) is 3.25. The fraction of sp³-hybridized carbons (Fsp3) is 0.348. The van der Waals surface area contributed by atoms with Crippen LogP contribution < -0.4 is 9.04 Å². The summed E-state index contributed by atoms with van der Waals surface area (Å²) >= 11 is 0. The number of amides is 1. The molecule has 1 heterocycles. The zero-order valence-corrected chi connectivity index (χ0v) is 20.0. The van der Waals surface area contributed by atoms with Crippen LogP contribution in [0.2, 0.25) is 0 Å². The highest BCUT2D eigenvalue weighted by molar-refractivity contribution is 7.92. The molecule has 0 aliphatic heterocycles. The molecule has 3 aromatic rings. The predicted molar refractivity (Wildman–Crippen MR) is 125 cm³/mol. The molecule has 0 unspecified atom stereocenters. The molecule has 0 aliphatic carbocycles. The first-order valence-electron chi connectivity index (χ1n) is 10.4. The van der Waals surface area contributed by atoms with Crippen molar-refractivity contribution in [3.05, 3.63) is 60.0 Å². The summed E-state index contributed by atoms with van der Waals surface area (Å²) in [6, 6.07) is 14.5. The largest absolute Gasteiger partial charge is 0.497 e. The number of sulfonamides is 1. The van der Waals surface area contributed by atoms with Crippen molar-refractivity contribution in [1.82, 2.24) is 15.0 Å². The first-order valence-corrected chi connectivity index (χ1v) is 12.3. The second-order valence-electron chi connectivity index (χ2n) is 7.72. The highest BCUT2D eigenvalue weighted by Gasteiger charge is 2.20. The molecule has 0 fully saturated rings. The molecule has 0 atom stereocenters. The zero-order valence-electron chi connectivity index (χ0n) is 19.2. The third kappa shape index (κ3) is 6.32. The van der Waals surface area contributed by atoms with Gasteiger partial charge in [0.2, 0.25) is 27.6 Å². The molecule has 3 rings (SSSR count). The molecule has 0 saturated heterocycles. The lowest BCUT2D eigenvalue weighted by Crippen LogP contribution is -2.33. The van der Waals surface area contributed by atoms with Gasteiger partial charge in [0, 0.05) is 25.6 Å². The first-order chi connectivity index (χ1) is 15.7. The van der Waals surface area contributed by atoms with Gasteiger partial charge < -0.3 is 14.2 Å². The van der Waals surface area contributed by atoms with Crippen LogP contribution in [0, 0.1) is 6.92 Å². The molecule has 10 heteroatoms. The number of anilines is 1. The number of nitrogens with zero attached hydrogens (tertiary/aromatic N) is 4. The van der Waals surface area contributed by atoms with Gasteiger partial charge in [0.25, 0.3) is 0 Å². The van der Waals surface area contributed by atoms with Crippen LogP contribution in [0.25, 0.3) is 11.4 Å². The minimum absolute atomic E-state index is 0.141. The van der Waals surface area contributed by atoms with Crippen molar-refractivity contribution in [2.45, 2.75) is 26.3 Å². The van der Waals surface area contributed by atoms with E-state index in [0.29, 0.717) is 23.8 Å². The number of aryl methyl sites for hydroxylation is 1. The number of hydrogen-bond acceptors (Lipinski definition) is 7. The van der Waals surface area contributed by atoms with Crippen molar-refractivity contribution < 1.29 is 22.5 Å². The van der Waals surface area contributed by atoms with Crippen LogP contribution in [0.5, 0.6) is 5.75 Å². The average molecular weight is 473 g/mol. The molecule has 9 nitrogen and oxygen atoms in total. The molecule has 0 radical (unpaired) electrons. The van der Waals surface area contributed by atoms with E-state index in [1.54, 1.807) is 38.4 Å². The van der Waals surface area contributed by atoms with Crippen LogP contribution in [0.1, 0.15) is 24.3 Å². The molecule has 176 valence electrons. The van der Waals surface area contributed by atoms with Crippen LogP contribution in [0.3, 0.4) is 0 Å². The molecule has 0 N–H and O–H groups in total. The van der Waals surface area contributed by atoms with Crippen molar-refractivity contribution in [3.8, 4) is 17.1 Å². The van der Waals surface area contributed by atoms with E-state index in [1.807, 2.05) is 31.2 Å². The molecular formula is C23H28N4O5S. The number of aromatic nitrogens is 2. The number of benzene rings is 2. The Hall–Kier alpha value is -3.40. The molecular weight excluding hydrogens is 444 g/mol. The van der Waals surface area contributed by atoms with Crippen molar-refractivity contribution in [3.63, 3.8) is 0 Å². The second-order valence-corrected chi connectivity index (χ2v) is 9.62. The molecule has 1 amide bonds. The number of methoxy groups -OCH3 is 1. The van der Waals surface area contributed by atoms with Gasteiger partial charge in [-0.2, -0.15) is 4.98 Å². The van der Waals surface area contributed by atoms with Crippen molar-refractivity contribution in [2.75, 3.05) is 31.3 Å². The second kappa shape index (κ2) is 10.5. The van der Waals surface area contributed by atoms with Gasteiger partial charge in [0.15, 0.2) is 0 Å². The summed E-state index contributed by atoms with van der Waals surface area (Å²) in [6.45, 7) is 2.23. The number of ether oxygens (including phenoxy) is 1. The predicted octanol–water partition coefficient (Wildman–Crippen LogP) is 3.26. The Labute approximate surface area is 194 Å². The number of hydrogen-bond donors (Lipinski definition) is 0. The third-order valence-electron chi connectivity index (χ3n) is 5.15. The maximum atomic E-state index is 12.6. The van der Waals surface area contributed by atoms with E-state index >= 15 is 0 Å². The maximum Gasteiger partial charge on any atom is 0.246 e. The molecule has 1 aromatic heterocycles.